The van der Waals surface area contributed by atoms with Crippen LogP contribution < -0.4 is 0 Å². The Morgan fingerprint density at radius 2 is 1.69 bits per heavy atom. The van der Waals surface area contributed by atoms with Gasteiger partial charge in [0.2, 0.25) is 0 Å². The van der Waals surface area contributed by atoms with Gasteiger partial charge >= 0.3 is 0 Å². The van der Waals surface area contributed by atoms with Gasteiger partial charge in [-0.3, -0.25) is 0 Å². The third kappa shape index (κ3) is 8.08. The maximum atomic E-state index is 2.36. The molecule has 1 atom stereocenters. The number of rotatable bonds is 6. The summed E-state index contributed by atoms with van der Waals surface area (Å²) in [6, 6.07) is 0. The SMILES string of the molecule is CCC(CC=CC(C)C)CC(C)C. The zero-order valence-electron chi connectivity index (χ0n) is 10.0. The summed E-state index contributed by atoms with van der Waals surface area (Å²) >= 11 is 0. The Kier molecular flexibility index (Phi) is 7.03. The molecule has 0 rings (SSSR count). The Labute approximate surface area is 84.4 Å². The van der Waals surface area contributed by atoms with Gasteiger partial charge in [0, 0.05) is 0 Å². The van der Waals surface area contributed by atoms with Crippen LogP contribution in [0.4, 0.5) is 0 Å². The smallest absolute Gasteiger partial charge is 0.0290 e. The van der Waals surface area contributed by atoms with Crippen LogP contribution in [0.1, 0.15) is 53.9 Å². The van der Waals surface area contributed by atoms with Crippen LogP contribution >= 0.6 is 0 Å². The van der Waals surface area contributed by atoms with E-state index in [9.17, 15) is 0 Å². The van der Waals surface area contributed by atoms with Crippen LogP contribution in [-0.2, 0) is 0 Å². The second-order valence-corrected chi connectivity index (χ2v) is 4.81. The van der Waals surface area contributed by atoms with Crippen molar-refractivity contribution in [2.45, 2.75) is 53.9 Å². The predicted octanol–water partition coefficient (Wildman–Crippen LogP) is 4.66. The molecule has 0 heterocycles. The highest BCUT2D eigenvalue weighted by molar-refractivity contribution is 4.86. The van der Waals surface area contributed by atoms with Crippen LogP contribution in [0.25, 0.3) is 0 Å². The summed E-state index contributed by atoms with van der Waals surface area (Å²) in [5.74, 6) is 2.45. The standard InChI is InChI=1S/C13H26/c1-6-13(10-12(4)5)9-7-8-11(2)3/h7-8,11-13H,6,9-10H2,1-5H3. The van der Waals surface area contributed by atoms with Crippen molar-refractivity contribution >= 4 is 0 Å². The average Bonchev–Trinajstić information content (AvgIpc) is 2.01. The molecule has 0 saturated heterocycles. The highest BCUT2D eigenvalue weighted by atomic mass is 14.1. The Hall–Kier alpha value is -0.260. The van der Waals surface area contributed by atoms with Gasteiger partial charge in [0.15, 0.2) is 0 Å². The fourth-order valence-corrected chi connectivity index (χ4v) is 1.64. The molecule has 0 bridgehead atoms. The van der Waals surface area contributed by atoms with E-state index in [-0.39, 0.29) is 0 Å². The van der Waals surface area contributed by atoms with Gasteiger partial charge in [0.25, 0.3) is 0 Å². The highest BCUT2D eigenvalue weighted by Gasteiger charge is 2.06. The zero-order chi connectivity index (χ0) is 10.3. The Bertz CT molecular complexity index is 131. The molecule has 78 valence electrons. The molecule has 0 aromatic carbocycles. The quantitative estimate of drug-likeness (QED) is 0.524. The van der Waals surface area contributed by atoms with Crippen LogP contribution in [0.15, 0.2) is 12.2 Å². The van der Waals surface area contributed by atoms with E-state index in [4.69, 9.17) is 0 Å². The maximum Gasteiger partial charge on any atom is -0.0290 e. The minimum absolute atomic E-state index is 0.705. The summed E-state index contributed by atoms with van der Waals surface area (Å²) in [5.41, 5.74) is 0. The molecular formula is C13H26. The van der Waals surface area contributed by atoms with Crippen molar-refractivity contribution in [3.63, 3.8) is 0 Å². The van der Waals surface area contributed by atoms with Gasteiger partial charge in [0.05, 0.1) is 0 Å². The third-order valence-electron chi connectivity index (χ3n) is 2.37. The minimum Gasteiger partial charge on any atom is -0.0880 e. The van der Waals surface area contributed by atoms with Crippen molar-refractivity contribution in [1.82, 2.24) is 0 Å². The lowest BCUT2D eigenvalue weighted by molar-refractivity contribution is 0.401. The first-order chi connectivity index (χ1) is 6.06. The molecule has 0 radical (unpaired) electrons. The van der Waals surface area contributed by atoms with Crippen LogP contribution in [0.2, 0.25) is 0 Å². The molecule has 0 aliphatic carbocycles. The van der Waals surface area contributed by atoms with Gasteiger partial charge in [0.1, 0.15) is 0 Å². The van der Waals surface area contributed by atoms with E-state index in [1.54, 1.807) is 0 Å². The van der Waals surface area contributed by atoms with Gasteiger partial charge in [-0.05, 0) is 30.6 Å². The van der Waals surface area contributed by atoms with Crippen molar-refractivity contribution in [3.05, 3.63) is 12.2 Å². The number of hydrogen-bond acceptors (Lipinski definition) is 0. The number of hydrogen-bond donors (Lipinski definition) is 0. The van der Waals surface area contributed by atoms with Crippen molar-refractivity contribution in [2.24, 2.45) is 17.8 Å². The summed E-state index contributed by atoms with van der Waals surface area (Å²) in [6.07, 6.45) is 8.65. The van der Waals surface area contributed by atoms with Crippen LogP contribution in [0, 0.1) is 17.8 Å². The van der Waals surface area contributed by atoms with Gasteiger partial charge < -0.3 is 0 Å². The van der Waals surface area contributed by atoms with Crippen molar-refractivity contribution < 1.29 is 0 Å². The monoisotopic (exact) mass is 182 g/mol. The topological polar surface area (TPSA) is 0 Å². The second kappa shape index (κ2) is 7.17. The van der Waals surface area contributed by atoms with Gasteiger partial charge in [-0.15, -0.1) is 0 Å². The largest absolute Gasteiger partial charge is 0.0880 e. The van der Waals surface area contributed by atoms with Crippen LogP contribution in [0.5, 0.6) is 0 Å². The van der Waals surface area contributed by atoms with E-state index in [1.807, 2.05) is 0 Å². The normalized spacial score (nSPS) is 14.7. The Morgan fingerprint density at radius 3 is 2.08 bits per heavy atom. The molecule has 1 unspecified atom stereocenters. The molecule has 0 aliphatic heterocycles. The average molecular weight is 182 g/mol. The molecule has 0 aromatic rings. The number of allylic oxidation sites excluding steroid dienone is 2. The first-order valence-electron chi connectivity index (χ1n) is 5.72. The Morgan fingerprint density at radius 1 is 1.08 bits per heavy atom. The molecule has 0 N–H and O–H groups in total. The van der Waals surface area contributed by atoms with Crippen molar-refractivity contribution in [1.29, 1.82) is 0 Å². The fourth-order valence-electron chi connectivity index (χ4n) is 1.64. The van der Waals surface area contributed by atoms with Gasteiger partial charge in [-0.2, -0.15) is 0 Å². The lowest BCUT2D eigenvalue weighted by atomic mass is 9.91. The molecular weight excluding hydrogens is 156 g/mol. The summed E-state index contributed by atoms with van der Waals surface area (Å²) in [7, 11) is 0. The first-order valence-corrected chi connectivity index (χ1v) is 5.72. The Balaban J connectivity index is 3.71. The van der Waals surface area contributed by atoms with Crippen molar-refractivity contribution in [3.8, 4) is 0 Å². The van der Waals surface area contributed by atoms with Gasteiger partial charge in [-0.1, -0.05) is 53.2 Å². The van der Waals surface area contributed by atoms with Gasteiger partial charge in [-0.25, -0.2) is 0 Å². The molecule has 13 heavy (non-hydrogen) atoms. The molecule has 0 aliphatic rings. The van der Waals surface area contributed by atoms with Crippen LogP contribution in [-0.4, -0.2) is 0 Å². The van der Waals surface area contributed by atoms with E-state index in [0.29, 0.717) is 5.92 Å². The lowest BCUT2D eigenvalue weighted by Gasteiger charge is -2.14. The lowest BCUT2D eigenvalue weighted by Crippen LogP contribution is -2.02. The summed E-state index contributed by atoms with van der Waals surface area (Å²) < 4.78 is 0. The van der Waals surface area contributed by atoms with E-state index >= 15 is 0 Å². The first kappa shape index (κ1) is 12.7. The van der Waals surface area contributed by atoms with E-state index in [1.165, 1.54) is 19.3 Å². The molecule has 0 amide bonds. The summed E-state index contributed by atoms with van der Waals surface area (Å²) in [4.78, 5) is 0. The molecule has 0 nitrogen and oxygen atoms in total. The molecule has 0 heteroatoms. The van der Waals surface area contributed by atoms with E-state index in [2.05, 4.69) is 46.8 Å². The van der Waals surface area contributed by atoms with E-state index in [0.717, 1.165) is 11.8 Å². The fraction of sp³-hybridized carbons (Fsp3) is 0.846. The molecule has 0 aromatic heterocycles. The maximum absolute atomic E-state index is 2.36. The molecule has 0 saturated carbocycles. The van der Waals surface area contributed by atoms with Crippen molar-refractivity contribution in [2.75, 3.05) is 0 Å². The zero-order valence-corrected chi connectivity index (χ0v) is 10.0. The molecule has 0 spiro atoms. The van der Waals surface area contributed by atoms with Crippen LogP contribution in [0.3, 0.4) is 0 Å². The minimum atomic E-state index is 0.705. The highest BCUT2D eigenvalue weighted by Crippen LogP contribution is 2.19. The summed E-state index contributed by atoms with van der Waals surface area (Å²) in [5, 5.41) is 0. The second-order valence-electron chi connectivity index (χ2n) is 4.81. The predicted molar refractivity (Wildman–Crippen MR) is 61.8 cm³/mol. The summed E-state index contributed by atoms with van der Waals surface area (Å²) in [6.45, 7) is 11.4. The van der Waals surface area contributed by atoms with E-state index < -0.39 is 0 Å². The third-order valence-corrected chi connectivity index (χ3v) is 2.37. The molecule has 0 fully saturated rings.